The minimum Gasteiger partial charge on any atom is -0.296 e. The Labute approximate surface area is 95.3 Å². The Hall–Kier alpha value is -1.40. The Bertz CT molecular complexity index is 422. The molecule has 1 heterocycles. The smallest absolute Gasteiger partial charge is 0.145 e. The van der Waals surface area contributed by atoms with Crippen LogP contribution in [0.15, 0.2) is 18.2 Å². The molecule has 1 aliphatic rings. The monoisotopic (exact) mass is 218 g/mol. The van der Waals surface area contributed by atoms with Gasteiger partial charge in [0, 0.05) is 18.2 Å². The number of nitrogens with zero attached hydrogens (tertiary/aromatic N) is 2. The molecule has 1 aliphatic heterocycles. The Morgan fingerprint density at radius 3 is 3.00 bits per heavy atom. The van der Waals surface area contributed by atoms with Gasteiger partial charge in [-0.05, 0) is 32.4 Å². The number of halogens is 1. The first kappa shape index (κ1) is 11.1. The lowest BCUT2D eigenvalue weighted by Gasteiger charge is -2.21. The summed E-state index contributed by atoms with van der Waals surface area (Å²) in [5.74, 6) is -0.357. The van der Waals surface area contributed by atoms with Crippen molar-refractivity contribution in [1.82, 2.24) is 4.90 Å². The van der Waals surface area contributed by atoms with Crippen molar-refractivity contribution in [3.05, 3.63) is 35.1 Å². The summed E-state index contributed by atoms with van der Waals surface area (Å²) in [5.41, 5.74) is 0.775. The van der Waals surface area contributed by atoms with E-state index in [1.807, 2.05) is 6.07 Å². The van der Waals surface area contributed by atoms with E-state index >= 15 is 0 Å². The van der Waals surface area contributed by atoms with Crippen molar-refractivity contribution < 1.29 is 4.39 Å². The molecule has 1 unspecified atom stereocenters. The number of benzene rings is 1. The normalized spacial score (nSPS) is 20.9. The van der Waals surface area contributed by atoms with Crippen molar-refractivity contribution in [2.24, 2.45) is 0 Å². The maximum atomic E-state index is 13.8. The predicted molar refractivity (Wildman–Crippen MR) is 60.2 cm³/mol. The minimum absolute atomic E-state index is 0.143. The van der Waals surface area contributed by atoms with Crippen LogP contribution in [0.1, 0.15) is 30.9 Å². The number of hydrogen-bond donors (Lipinski definition) is 0. The highest BCUT2D eigenvalue weighted by Gasteiger charge is 2.21. The Morgan fingerprint density at radius 1 is 1.56 bits per heavy atom. The van der Waals surface area contributed by atoms with Crippen LogP contribution in [0.2, 0.25) is 0 Å². The highest BCUT2D eigenvalue weighted by atomic mass is 19.1. The first-order chi connectivity index (χ1) is 7.72. The molecular formula is C13H15FN2. The molecule has 0 bridgehead atoms. The number of nitriles is 1. The predicted octanol–water partition coefficient (Wildman–Crippen LogP) is 2.68. The first-order valence-corrected chi connectivity index (χ1v) is 5.64. The van der Waals surface area contributed by atoms with Gasteiger partial charge in [0.15, 0.2) is 0 Å². The van der Waals surface area contributed by atoms with E-state index in [0.717, 1.165) is 6.54 Å². The van der Waals surface area contributed by atoms with Crippen LogP contribution >= 0.6 is 0 Å². The Kier molecular flexibility index (Phi) is 3.21. The van der Waals surface area contributed by atoms with Gasteiger partial charge in [-0.15, -0.1) is 0 Å². The second-order valence-electron chi connectivity index (χ2n) is 4.35. The average molecular weight is 218 g/mol. The second kappa shape index (κ2) is 4.63. The molecule has 3 heteroatoms. The van der Waals surface area contributed by atoms with E-state index in [1.165, 1.54) is 18.9 Å². The van der Waals surface area contributed by atoms with Crippen molar-refractivity contribution in [1.29, 1.82) is 5.26 Å². The van der Waals surface area contributed by atoms with Crippen molar-refractivity contribution in [2.45, 2.75) is 32.4 Å². The van der Waals surface area contributed by atoms with Crippen LogP contribution in [0.25, 0.3) is 0 Å². The van der Waals surface area contributed by atoms with Gasteiger partial charge in [-0.1, -0.05) is 12.1 Å². The fraction of sp³-hybridized carbons (Fsp3) is 0.462. The zero-order valence-electron chi connectivity index (χ0n) is 9.41. The number of likely N-dealkylation sites (tertiary alicyclic amines) is 1. The van der Waals surface area contributed by atoms with Crippen molar-refractivity contribution >= 4 is 0 Å². The quantitative estimate of drug-likeness (QED) is 0.763. The third-order valence-electron chi connectivity index (χ3n) is 3.26. The van der Waals surface area contributed by atoms with E-state index in [1.54, 1.807) is 12.1 Å². The zero-order valence-corrected chi connectivity index (χ0v) is 9.41. The second-order valence-corrected chi connectivity index (χ2v) is 4.35. The largest absolute Gasteiger partial charge is 0.296 e. The lowest BCUT2D eigenvalue weighted by molar-refractivity contribution is 0.256. The summed E-state index contributed by atoms with van der Waals surface area (Å²) in [5, 5.41) is 8.75. The molecule has 0 radical (unpaired) electrons. The molecule has 2 nitrogen and oxygen atoms in total. The molecule has 16 heavy (non-hydrogen) atoms. The van der Waals surface area contributed by atoms with Crippen molar-refractivity contribution in [3.63, 3.8) is 0 Å². The lowest BCUT2D eigenvalue weighted by Crippen LogP contribution is -2.26. The van der Waals surface area contributed by atoms with Gasteiger partial charge in [0.25, 0.3) is 0 Å². The molecule has 1 aromatic carbocycles. The SMILES string of the molecule is CC1CCCN1Cc1cccc(C#N)c1F. The van der Waals surface area contributed by atoms with Crippen LogP contribution in [0.4, 0.5) is 4.39 Å². The van der Waals surface area contributed by atoms with E-state index in [4.69, 9.17) is 5.26 Å². The average Bonchev–Trinajstić information content (AvgIpc) is 2.68. The number of rotatable bonds is 2. The van der Waals surface area contributed by atoms with Crippen LogP contribution in [-0.2, 0) is 6.54 Å². The fourth-order valence-corrected chi connectivity index (χ4v) is 2.23. The molecule has 0 saturated carbocycles. The highest BCUT2D eigenvalue weighted by molar-refractivity contribution is 5.34. The molecule has 0 N–H and O–H groups in total. The molecule has 0 amide bonds. The number of hydrogen-bond acceptors (Lipinski definition) is 2. The van der Waals surface area contributed by atoms with Gasteiger partial charge in [0.2, 0.25) is 0 Å². The van der Waals surface area contributed by atoms with Gasteiger partial charge in [0.05, 0.1) is 5.56 Å². The van der Waals surface area contributed by atoms with Gasteiger partial charge in [0.1, 0.15) is 11.9 Å². The van der Waals surface area contributed by atoms with E-state index in [-0.39, 0.29) is 11.4 Å². The van der Waals surface area contributed by atoms with Crippen LogP contribution < -0.4 is 0 Å². The molecule has 1 aromatic rings. The highest BCUT2D eigenvalue weighted by Crippen LogP contribution is 2.21. The molecule has 1 fully saturated rings. The maximum Gasteiger partial charge on any atom is 0.145 e. The minimum atomic E-state index is -0.357. The summed E-state index contributed by atoms with van der Waals surface area (Å²) in [7, 11) is 0. The van der Waals surface area contributed by atoms with E-state index < -0.39 is 0 Å². The summed E-state index contributed by atoms with van der Waals surface area (Å²) >= 11 is 0. The summed E-state index contributed by atoms with van der Waals surface area (Å²) in [6, 6.07) is 7.43. The van der Waals surface area contributed by atoms with Crippen LogP contribution in [0.5, 0.6) is 0 Å². The molecule has 2 rings (SSSR count). The zero-order chi connectivity index (χ0) is 11.5. The lowest BCUT2D eigenvalue weighted by atomic mass is 10.1. The Morgan fingerprint density at radius 2 is 2.38 bits per heavy atom. The molecule has 84 valence electrons. The molecule has 1 atom stereocenters. The first-order valence-electron chi connectivity index (χ1n) is 5.64. The summed E-state index contributed by atoms with van der Waals surface area (Å²) in [6.45, 7) is 3.80. The van der Waals surface area contributed by atoms with E-state index in [0.29, 0.717) is 18.2 Å². The van der Waals surface area contributed by atoms with Gasteiger partial charge in [-0.2, -0.15) is 5.26 Å². The van der Waals surface area contributed by atoms with Crippen LogP contribution in [0.3, 0.4) is 0 Å². The van der Waals surface area contributed by atoms with Gasteiger partial charge in [-0.3, -0.25) is 4.90 Å². The maximum absolute atomic E-state index is 13.8. The summed E-state index contributed by atoms with van der Waals surface area (Å²) < 4.78 is 13.8. The van der Waals surface area contributed by atoms with Crippen molar-refractivity contribution in [3.8, 4) is 6.07 Å². The third kappa shape index (κ3) is 2.07. The van der Waals surface area contributed by atoms with Crippen LogP contribution in [-0.4, -0.2) is 17.5 Å². The summed E-state index contributed by atoms with van der Waals surface area (Å²) in [4.78, 5) is 2.26. The molecule has 0 aliphatic carbocycles. The standard InChI is InChI=1S/C13H15FN2/c1-10-4-3-7-16(10)9-12-6-2-5-11(8-15)13(12)14/h2,5-6,10H,3-4,7,9H2,1H3. The third-order valence-corrected chi connectivity index (χ3v) is 3.26. The summed E-state index contributed by atoms with van der Waals surface area (Å²) in [6.07, 6.45) is 2.36. The van der Waals surface area contributed by atoms with E-state index in [2.05, 4.69) is 11.8 Å². The molecule has 0 spiro atoms. The molecular weight excluding hydrogens is 203 g/mol. The Balaban J connectivity index is 2.19. The van der Waals surface area contributed by atoms with Crippen LogP contribution in [0, 0.1) is 17.1 Å². The van der Waals surface area contributed by atoms with Gasteiger partial charge in [-0.25, -0.2) is 4.39 Å². The van der Waals surface area contributed by atoms with E-state index in [9.17, 15) is 4.39 Å². The van der Waals surface area contributed by atoms with Gasteiger partial charge >= 0.3 is 0 Å². The fourth-order valence-electron chi connectivity index (χ4n) is 2.23. The molecule has 1 saturated heterocycles. The molecule has 0 aromatic heterocycles. The van der Waals surface area contributed by atoms with Gasteiger partial charge < -0.3 is 0 Å². The topological polar surface area (TPSA) is 27.0 Å². The van der Waals surface area contributed by atoms with Crippen molar-refractivity contribution in [2.75, 3.05) is 6.54 Å².